The highest BCUT2D eigenvalue weighted by atomic mass is 16.5. The zero-order valence-corrected chi connectivity index (χ0v) is 15.2. The molecule has 0 fully saturated rings. The van der Waals surface area contributed by atoms with E-state index in [4.69, 9.17) is 4.74 Å². The van der Waals surface area contributed by atoms with Crippen LogP contribution in [0.5, 0.6) is 5.75 Å². The Morgan fingerprint density at radius 1 is 1.00 bits per heavy atom. The number of hydrogen-bond acceptors (Lipinski definition) is 3. The predicted octanol–water partition coefficient (Wildman–Crippen LogP) is 5.00. The molecule has 4 heteroatoms. The fourth-order valence-corrected chi connectivity index (χ4v) is 2.50. The van der Waals surface area contributed by atoms with Gasteiger partial charge in [0.05, 0.1) is 13.2 Å². The molecule has 0 atom stereocenters. The summed E-state index contributed by atoms with van der Waals surface area (Å²) in [6.45, 7) is 5.19. The highest BCUT2D eigenvalue weighted by Crippen LogP contribution is 2.16. The summed E-state index contributed by atoms with van der Waals surface area (Å²) < 4.78 is 5.72. The summed E-state index contributed by atoms with van der Waals surface area (Å²) in [5.74, 6) is 0.799. The van der Waals surface area contributed by atoms with Crippen LogP contribution in [-0.2, 0) is 4.79 Å². The fraction of sp³-hybridized carbons (Fsp3) is 0.381. The highest BCUT2D eigenvalue weighted by Gasteiger charge is 2.03. The summed E-state index contributed by atoms with van der Waals surface area (Å²) in [5.41, 5.74) is 2.84. The van der Waals surface area contributed by atoms with Gasteiger partial charge in [-0.3, -0.25) is 4.79 Å². The molecule has 25 heavy (non-hydrogen) atoms. The van der Waals surface area contributed by atoms with E-state index < -0.39 is 0 Å². The number of hydrogen-bond donors (Lipinski definition) is 2. The van der Waals surface area contributed by atoms with Crippen molar-refractivity contribution in [1.82, 2.24) is 0 Å². The molecule has 0 bridgehead atoms. The number of anilines is 2. The Morgan fingerprint density at radius 2 is 1.80 bits per heavy atom. The molecule has 0 unspecified atom stereocenters. The van der Waals surface area contributed by atoms with Crippen molar-refractivity contribution in [3.63, 3.8) is 0 Å². The number of nitrogens with one attached hydrogen (secondary N) is 2. The van der Waals surface area contributed by atoms with E-state index in [1.165, 1.54) is 19.3 Å². The first-order chi connectivity index (χ1) is 12.2. The lowest BCUT2D eigenvalue weighted by atomic mass is 10.2. The number of ether oxygens (including phenoxy) is 1. The molecule has 2 aromatic carbocycles. The van der Waals surface area contributed by atoms with Crippen molar-refractivity contribution in [2.45, 2.75) is 39.5 Å². The number of unbranched alkanes of at least 4 members (excludes halogenated alkanes) is 3. The molecule has 0 aliphatic rings. The summed E-state index contributed by atoms with van der Waals surface area (Å²) in [6.07, 6.45) is 4.80. The Kier molecular flexibility index (Phi) is 7.83. The average molecular weight is 340 g/mol. The molecule has 1 amide bonds. The molecule has 4 nitrogen and oxygen atoms in total. The van der Waals surface area contributed by atoms with E-state index in [1.807, 2.05) is 55.5 Å². The minimum atomic E-state index is -0.0677. The molecule has 0 aliphatic carbocycles. The van der Waals surface area contributed by atoms with Crippen molar-refractivity contribution in [3.8, 4) is 5.75 Å². The molecule has 0 aromatic heterocycles. The molecule has 134 valence electrons. The van der Waals surface area contributed by atoms with E-state index in [-0.39, 0.29) is 12.5 Å². The van der Waals surface area contributed by atoms with Gasteiger partial charge in [-0.25, -0.2) is 0 Å². The van der Waals surface area contributed by atoms with E-state index >= 15 is 0 Å². The molecule has 0 aliphatic heterocycles. The Hall–Kier alpha value is -2.49. The molecule has 2 rings (SSSR count). The van der Waals surface area contributed by atoms with Crippen molar-refractivity contribution >= 4 is 17.3 Å². The van der Waals surface area contributed by atoms with Crippen LogP contribution >= 0.6 is 0 Å². The third kappa shape index (κ3) is 7.29. The second-order valence-electron chi connectivity index (χ2n) is 6.20. The summed E-state index contributed by atoms with van der Waals surface area (Å²) in [7, 11) is 0. The van der Waals surface area contributed by atoms with Crippen molar-refractivity contribution in [2.24, 2.45) is 0 Å². The fourth-order valence-electron chi connectivity index (χ4n) is 2.50. The van der Waals surface area contributed by atoms with E-state index in [0.29, 0.717) is 0 Å². The molecule has 0 saturated heterocycles. The zero-order valence-electron chi connectivity index (χ0n) is 15.2. The van der Waals surface area contributed by atoms with Crippen LogP contribution in [0.25, 0.3) is 0 Å². The standard InChI is InChI=1S/C21H28N2O2/c1-3-4-5-6-14-25-20-12-10-18(11-13-20)22-16-21(24)23-19-9-7-8-17(2)15-19/h7-13,15,22H,3-6,14,16H2,1-2H3,(H,23,24). The maximum Gasteiger partial charge on any atom is 0.243 e. The molecule has 0 radical (unpaired) electrons. The Bertz CT molecular complexity index is 653. The molecule has 2 N–H and O–H groups in total. The molecular weight excluding hydrogens is 312 g/mol. The van der Waals surface area contributed by atoms with Gasteiger partial charge < -0.3 is 15.4 Å². The van der Waals surface area contributed by atoms with E-state index in [2.05, 4.69) is 17.6 Å². The third-order valence-corrected chi connectivity index (χ3v) is 3.88. The lowest BCUT2D eigenvalue weighted by molar-refractivity contribution is -0.114. The summed E-state index contributed by atoms with van der Waals surface area (Å²) in [4.78, 5) is 12.0. The van der Waals surface area contributed by atoms with Gasteiger partial charge in [-0.1, -0.05) is 38.3 Å². The number of rotatable bonds is 10. The SMILES string of the molecule is CCCCCCOc1ccc(NCC(=O)Nc2cccc(C)c2)cc1. The largest absolute Gasteiger partial charge is 0.494 e. The van der Waals surface area contributed by atoms with Gasteiger partial charge in [-0.15, -0.1) is 0 Å². The average Bonchev–Trinajstić information content (AvgIpc) is 2.61. The quantitative estimate of drug-likeness (QED) is 0.598. The minimum absolute atomic E-state index is 0.0677. The van der Waals surface area contributed by atoms with Gasteiger partial charge in [0.15, 0.2) is 0 Å². The minimum Gasteiger partial charge on any atom is -0.494 e. The molecule has 0 heterocycles. The maximum atomic E-state index is 12.0. The number of benzene rings is 2. The smallest absolute Gasteiger partial charge is 0.243 e. The van der Waals surface area contributed by atoms with Crippen molar-refractivity contribution < 1.29 is 9.53 Å². The number of amides is 1. The zero-order chi connectivity index (χ0) is 17.9. The normalized spacial score (nSPS) is 10.3. The molecule has 2 aromatic rings. The molecular formula is C21H28N2O2. The number of carbonyl (C=O) groups excluding carboxylic acids is 1. The second kappa shape index (κ2) is 10.4. The van der Waals surface area contributed by atoms with Crippen LogP contribution in [0.1, 0.15) is 38.2 Å². The topological polar surface area (TPSA) is 50.4 Å². The molecule has 0 saturated carbocycles. The lowest BCUT2D eigenvalue weighted by Gasteiger charge is -2.10. The maximum absolute atomic E-state index is 12.0. The first kappa shape index (κ1) is 18.8. The number of aryl methyl sites for hydroxylation is 1. The first-order valence-corrected chi connectivity index (χ1v) is 9.00. The van der Waals surface area contributed by atoms with Crippen LogP contribution in [0.3, 0.4) is 0 Å². The monoisotopic (exact) mass is 340 g/mol. The van der Waals surface area contributed by atoms with Crippen LogP contribution in [0.4, 0.5) is 11.4 Å². The third-order valence-electron chi connectivity index (χ3n) is 3.88. The van der Waals surface area contributed by atoms with Crippen LogP contribution in [0.2, 0.25) is 0 Å². The van der Waals surface area contributed by atoms with Gasteiger partial charge in [0.25, 0.3) is 0 Å². The van der Waals surface area contributed by atoms with Gasteiger partial charge in [-0.05, 0) is 55.3 Å². The van der Waals surface area contributed by atoms with Gasteiger partial charge in [0.1, 0.15) is 5.75 Å². The van der Waals surface area contributed by atoms with Gasteiger partial charge in [0.2, 0.25) is 5.91 Å². The van der Waals surface area contributed by atoms with Crippen LogP contribution < -0.4 is 15.4 Å². The summed E-state index contributed by atoms with van der Waals surface area (Å²) >= 11 is 0. The van der Waals surface area contributed by atoms with Gasteiger partial charge in [-0.2, -0.15) is 0 Å². The van der Waals surface area contributed by atoms with Crippen LogP contribution in [-0.4, -0.2) is 19.1 Å². The Labute approximate surface area is 150 Å². The van der Waals surface area contributed by atoms with E-state index in [0.717, 1.165) is 35.7 Å². The van der Waals surface area contributed by atoms with Gasteiger partial charge in [0, 0.05) is 11.4 Å². The van der Waals surface area contributed by atoms with E-state index in [1.54, 1.807) is 0 Å². The van der Waals surface area contributed by atoms with Gasteiger partial charge >= 0.3 is 0 Å². The van der Waals surface area contributed by atoms with Crippen LogP contribution in [0, 0.1) is 6.92 Å². The summed E-state index contributed by atoms with van der Waals surface area (Å²) in [5, 5.41) is 6.01. The highest BCUT2D eigenvalue weighted by molar-refractivity contribution is 5.93. The Morgan fingerprint density at radius 3 is 2.52 bits per heavy atom. The summed E-state index contributed by atoms with van der Waals surface area (Å²) in [6, 6.07) is 15.5. The Balaban J connectivity index is 1.71. The van der Waals surface area contributed by atoms with Crippen molar-refractivity contribution in [3.05, 3.63) is 54.1 Å². The lowest BCUT2D eigenvalue weighted by Crippen LogP contribution is -2.21. The first-order valence-electron chi connectivity index (χ1n) is 9.00. The predicted molar refractivity (Wildman–Crippen MR) is 104 cm³/mol. The number of carbonyl (C=O) groups is 1. The van der Waals surface area contributed by atoms with E-state index in [9.17, 15) is 4.79 Å². The van der Waals surface area contributed by atoms with Crippen molar-refractivity contribution in [1.29, 1.82) is 0 Å². The van der Waals surface area contributed by atoms with Crippen LogP contribution in [0.15, 0.2) is 48.5 Å². The van der Waals surface area contributed by atoms with Crippen molar-refractivity contribution in [2.75, 3.05) is 23.8 Å². The second-order valence-corrected chi connectivity index (χ2v) is 6.20. The molecule has 0 spiro atoms.